The summed E-state index contributed by atoms with van der Waals surface area (Å²) in [7, 11) is 0. The monoisotopic (exact) mass is 815 g/mol. The second kappa shape index (κ2) is 26.1. The van der Waals surface area contributed by atoms with Crippen LogP contribution in [0.3, 0.4) is 0 Å². The normalized spacial score (nSPS) is 24.1. The van der Waals surface area contributed by atoms with Crippen LogP contribution in [-0.2, 0) is 19.0 Å². The number of aliphatic hydroxyl groups excluding tert-OH is 3. The van der Waals surface area contributed by atoms with Crippen LogP contribution in [-0.4, -0.2) is 108 Å². The van der Waals surface area contributed by atoms with Gasteiger partial charge in [-0.05, 0) is 74.6 Å². The molecule has 1 amide bonds. The number of oxime groups is 1. The standard InChI is InChI=1S/C46H74N2O10/c1-4-7-8-9-10-11-12-13-14-19-29-55-45(53)48(24-30-54-31-27-51)42-34-40(47-57-6-3)38-32-35(20-15-17-25-49)37(21-16-18-26-50)43-39-33-36(52)22-23-41(39)58-46(42,44(38)43)56-28-5-2/h5,22-23,32-33,35,37,42-44,49-52H,2,4,6-21,24-31,34H2,1,3H3. The van der Waals surface area contributed by atoms with Crippen LogP contribution in [0.5, 0.6) is 11.5 Å². The summed E-state index contributed by atoms with van der Waals surface area (Å²) in [6.07, 6.45) is 20.0. The zero-order valence-electron chi connectivity index (χ0n) is 35.5. The lowest BCUT2D eigenvalue weighted by atomic mass is 9.55. The van der Waals surface area contributed by atoms with E-state index >= 15 is 0 Å². The Morgan fingerprint density at radius 2 is 1.62 bits per heavy atom. The van der Waals surface area contributed by atoms with E-state index in [-0.39, 0.29) is 82.7 Å². The maximum Gasteiger partial charge on any atom is 0.410 e. The van der Waals surface area contributed by atoms with E-state index in [0.29, 0.717) is 30.9 Å². The van der Waals surface area contributed by atoms with Crippen molar-refractivity contribution in [3.8, 4) is 11.5 Å². The highest BCUT2D eigenvalue weighted by Gasteiger charge is 2.65. The van der Waals surface area contributed by atoms with E-state index < -0.39 is 23.8 Å². The second-order valence-corrected chi connectivity index (χ2v) is 16.0. The molecule has 0 aromatic heterocycles. The Bertz CT molecular complexity index is 1420. The first-order valence-electron chi connectivity index (χ1n) is 22.4. The van der Waals surface area contributed by atoms with Gasteiger partial charge in [-0.1, -0.05) is 94.9 Å². The minimum absolute atomic E-state index is 0.0480. The number of nitrogens with zero attached hydrogens (tertiary/aromatic N) is 2. The van der Waals surface area contributed by atoms with Gasteiger partial charge in [0.25, 0.3) is 0 Å². The molecule has 58 heavy (non-hydrogen) atoms. The highest BCUT2D eigenvalue weighted by molar-refractivity contribution is 6.02. The molecule has 12 nitrogen and oxygen atoms in total. The number of rotatable bonds is 30. The van der Waals surface area contributed by atoms with E-state index in [1.54, 1.807) is 29.2 Å². The first-order valence-corrected chi connectivity index (χ1v) is 22.4. The molecule has 2 aliphatic carbocycles. The number of hydrogen-bond acceptors (Lipinski definition) is 11. The first-order chi connectivity index (χ1) is 28.4. The van der Waals surface area contributed by atoms with E-state index in [0.717, 1.165) is 56.1 Å². The first kappa shape index (κ1) is 47.5. The van der Waals surface area contributed by atoms with E-state index in [1.165, 1.54) is 44.9 Å². The van der Waals surface area contributed by atoms with Gasteiger partial charge in [0.05, 0.1) is 44.7 Å². The Hall–Kier alpha value is -3.16. The number of ether oxygens (including phenoxy) is 4. The predicted molar refractivity (Wildman–Crippen MR) is 226 cm³/mol. The lowest BCUT2D eigenvalue weighted by Crippen LogP contribution is -2.70. The molecular weight excluding hydrogens is 741 g/mol. The fraction of sp³-hybridized carbons (Fsp3) is 0.739. The molecule has 0 radical (unpaired) electrons. The molecule has 1 saturated carbocycles. The number of phenols is 1. The third-order valence-electron chi connectivity index (χ3n) is 12.0. The highest BCUT2D eigenvalue weighted by atomic mass is 16.7. The van der Waals surface area contributed by atoms with Gasteiger partial charge in [0, 0.05) is 37.7 Å². The summed E-state index contributed by atoms with van der Waals surface area (Å²) in [5.74, 6) is -1.32. The van der Waals surface area contributed by atoms with Crippen molar-refractivity contribution in [2.24, 2.45) is 22.9 Å². The van der Waals surface area contributed by atoms with Crippen LogP contribution in [0.1, 0.15) is 134 Å². The van der Waals surface area contributed by atoms with Crippen LogP contribution >= 0.6 is 0 Å². The average molecular weight is 815 g/mol. The number of allylic oxidation sites excluding steroid dienone is 1. The van der Waals surface area contributed by atoms with Crippen molar-refractivity contribution in [3.05, 3.63) is 48.1 Å². The zero-order chi connectivity index (χ0) is 41.6. The van der Waals surface area contributed by atoms with Crippen LogP contribution in [0, 0.1) is 17.8 Å². The number of aliphatic hydroxyl groups is 3. The summed E-state index contributed by atoms with van der Waals surface area (Å²) in [5, 5.41) is 44.7. The third kappa shape index (κ3) is 12.9. The smallest absolute Gasteiger partial charge is 0.410 e. The quantitative estimate of drug-likeness (QED) is 0.0338. The Balaban J connectivity index is 1.76. The number of carbonyl (C=O) groups is 1. The SMILES string of the molecule is C=CCOC12Oc3ccc(O)cc3C3C(CCCCO)C(CCCCO)C=C(C(=NOCC)CC1N(CCOCCO)C(=O)OCCCCCCCCCCCC)C32. The Kier molecular flexibility index (Phi) is 21.4. The molecule has 1 heterocycles. The fourth-order valence-electron chi connectivity index (χ4n) is 9.34. The van der Waals surface area contributed by atoms with Crippen molar-refractivity contribution in [1.82, 2.24) is 4.90 Å². The van der Waals surface area contributed by atoms with Crippen LogP contribution < -0.4 is 4.74 Å². The van der Waals surface area contributed by atoms with E-state index in [9.17, 15) is 25.2 Å². The van der Waals surface area contributed by atoms with Gasteiger partial charge >= 0.3 is 6.09 Å². The number of amides is 1. The van der Waals surface area contributed by atoms with Gasteiger partial charge in [0.2, 0.25) is 5.79 Å². The van der Waals surface area contributed by atoms with Gasteiger partial charge in [-0.3, -0.25) is 4.90 Å². The lowest BCUT2D eigenvalue weighted by molar-refractivity contribution is -0.256. The average Bonchev–Trinajstić information content (AvgIpc) is 3.22. The van der Waals surface area contributed by atoms with E-state index in [1.807, 2.05) is 6.92 Å². The van der Waals surface area contributed by atoms with Crippen molar-refractivity contribution in [2.45, 2.75) is 141 Å². The number of benzene rings is 1. The molecule has 6 unspecified atom stereocenters. The van der Waals surface area contributed by atoms with Crippen molar-refractivity contribution in [1.29, 1.82) is 0 Å². The molecule has 4 N–H and O–H groups in total. The van der Waals surface area contributed by atoms with Gasteiger partial charge in [0.15, 0.2) is 0 Å². The Morgan fingerprint density at radius 3 is 2.29 bits per heavy atom. The van der Waals surface area contributed by atoms with Gasteiger partial charge in [-0.25, -0.2) is 4.79 Å². The van der Waals surface area contributed by atoms with Crippen LogP contribution in [0.4, 0.5) is 4.79 Å². The molecule has 12 heteroatoms. The second-order valence-electron chi connectivity index (χ2n) is 16.0. The minimum Gasteiger partial charge on any atom is -0.508 e. The van der Waals surface area contributed by atoms with Crippen LogP contribution in [0.2, 0.25) is 0 Å². The van der Waals surface area contributed by atoms with E-state index in [4.69, 9.17) is 28.9 Å². The number of aromatic hydroxyl groups is 1. The third-order valence-corrected chi connectivity index (χ3v) is 12.0. The molecule has 1 aliphatic heterocycles. The summed E-state index contributed by atoms with van der Waals surface area (Å²) in [6.45, 7) is 9.34. The summed E-state index contributed by atoms with van der Waals surface area (Å²) < 4.78 is 25.9. The largest absolute Gasteiger partial charge is 0.508 e. The van der Waals surface area contributed by atoms with E-state index in [2.05, 4.69) is 19.6 Å². The molecule has 3 aliphatic rings. The molecule has 328 valence electrons. The molecular formula is C46H74N2O10. The van der Waals surface area contributed by atoms with Gasteiger partial charge in [-0.2, -0.15) is 0 Å². The highest BCUT2D eigenvalue weighted by Crippen LogP contribution is 2.61. The summed E-state index contributed by atoms with van der Waals surface area (Å²) in [6, 6.07) is 4.43. The summed E-state index contributed by atoms with van der Waals surface area (Å²) in [5.41, 5.74) is 2.47. The maximum atomic E-state index is 14.5. The summed E-state index contributed by atoms with van der Waals surface area (Å²) >= 11 is 0. The minimum atomic E-state index is -1.43. The number of phenolic OH excluding ortho intramolecular Hbond substituents is 1. The maximum absolute atomic E-state index is 14.5. The number of carbonyl (C=O) groups excluding carboxylic acids is 1. The fourth-order valence-corrected chi connectivity index (χ4v) is 9.34. The van der Waals surface area contributed by atoms with Gasteiger partial charge in [0.1, 0.15) is 24.1 Å². The molecule has 4 rings (SSSR count). The van der Waals surface area contributed by atoms with Gasteiger partial charge < -0.3 is 44.2 Å². The van der Waals surface area contributed by atoms with Crippen molar-refractivity contribution in [3.63, 3.8) is 0 Å². The topological polar surface area (TPSA) is 160 Å². The Morgan fingerprint density at radius 1 is 0.914 bits per heavy atom. The van der Waals surface area contributed by atoms with Crippen LogP contribution in [0.15, 0.2) is 47.7 Å². The van der Waals surface area contributed by atoms with Crippen LogP contribution in [0.25, 0.3) is 0 Å². The molecule has 0 spiro atoms. The van der Waals surface area contributed by atoms with Crippen molar-refractivity contribution in [2.75, 3.05) is 59.4 Å². The van der Waals surface area contributed by atoms with Crippen molar-refractivity contribution < 1.29 is 49.0 Å². The summed E-state index contributed by atoms with van der Waals surface area (Å²) in [4.78, 5) is 21.9. The number of hydrogen-bond donors (Lipinski definition) is 4. The zero-order valence-corrected chi connectivity index (χ0v) is 35.5. The molecule has 1 aromatic carbocycles. The molecule has 1 aromatic rings. The molecule has 6 atom stereocenters. The lowest BCUT2D eigenvalue weighted by Gasteiger charge is -2.59. The van der Waals surface area contributed by atoms with Gasteiger partial charge in [-0.15, -0.1) is 6.58 Å². The molecule has 1 fully saturated rings. The number of unbranched alkanes of at least 4 members (excludes halogenated alkanes) is 11. The Labute approximate surface area is 347 Å². The molecule has 0 bridgehead atoms. The predicted octanol–water partition coefficient (Wildman–Crippen LogP) is 8.41. The molecule has 0 saturated heterocycles. The number of fused-ring (bicyclic) bond motifs is 2. The van der Waals surface area contributed by atoms with Crippen molar-refractivity contribution >= 4 is 11.8 Å².